The summed E-state index contributed by atoms with van der Waals surface area (Å²) in [5, 5.41) is 0. The molecule has 0 amide bonds. The van der Waals surface area contributed by atoms with Crippen LogP contribution in [0.25, 0.3) is 11.0 Å². The molecule has 0 saturated carbocycles. The molecule has 2 heterocycles. The van der Waals surface area contributed by atoms with Crippen LogP contribution >= 0.6 is 0 Å². The van der Waals surface area contributed by atoms with E-state index in [1.807, 2.05) is 0 Å². The van der Waals surface area contributed by atoms with Crippen molar-refractivity contribution in [3.8, 4) is 0 Å². The highest BCUT2D eigenvalue weighted by Crippen LogP contribution is 2.00. The minimum absolute atomic E-state index is 0.191. The number of nitrogens with one attached hydrogen (secondary N) is 1. The van der Waals surface area contributed by atoms with Crippen molar-refractivity contribution in [3.63, 3.8) is 0 Å². The summed E-state index contributed by atoms with van der Waals surface area (Å²) in [7, 11) is 0. The summed E-state index contributed by atoms with van der Waals surface area (Å²) in [6, 6.07) is 1.71. The molecule has 11 heavy (non-hydrogen) atoms. The van der Waals surface area contributed by atoms with Gasteiger partial charge in [-0.2, -0.15) is 0 Å². The van der Waals surface area contributed by atoms with Crippen LogP contribution in [0.15, 0.2) is 29.5 Å². The zero-order chi connectivity index (χ0) is 7.68. The van der Waals surface area contributed by atoms with Crippen molar-refractivity contribution in [2.75, 3.05) is 0 Å². The van der Waals surface area contributed by atoms with Gasteiger partial charge in [0.15, 0.2) is 0 Å². The number of rotatable bonds is 0. The second-order valence-electron chi connectivity index (χ2n) is 2.14. The van der Waals surface area contributed by atoms with Gasteiger partial charge in [0.2, 0.25) is 0 Å². The minimum atomic E-state index is -0.191. The Morgan fingerprint density at radius 1 is 1.36 bits per heavy atom. The number of aromatic nitrogens is 3. The first-order valence-corrected chi connectivity index (χ1v) is 3.15. The van der Waals surface area contributed by atoms with E-state index in [1.165, 1.54) is 6.20 Å². The van der Waals surface area contributed by atoms with E-state index in [0.717, 1.165) is 0 Å². The molecule has 0 saturated heterocycles. The Kier molecular flexibility index (Phi) is 1.18. The molecule has 0 aliphatic carbocycles. The molecule has 0 spiro atoms. The number of pyridine rings is 1. The highest BCUT2D eigenvalue weighted by molar-refractivity contribution is 5.71. The fourth-order valence-electron chi connectivity index (χ4n) is 0.888. The zero-order valence-corrected chi connectivity index (χ0v) is 5.61. The van der Waals surface area contributed by atoms with E-state index in [1.54, 1.807) is 18.5 Å². The van der Waals surface area contributed by atoms with Gasteiger partial charge in [0.25, 0.3) is 5.56 Å². The number of aromatic amines is 1. The number of fused-ring (bicyclic) bond motifs is 1. The Labute approximate surface area is 61.9 Å². The van der Waals surface area contributed by atoms with Gasteiger partial charge in [-0.3, -0.25) is 9.78 Å². The predicted molar refractivity (Wildman–Crippen MR) is 40.2 cm³/mol. The van der Waals surface area contributed by atoms with E-state index in [4.69, 9.17) is 0 Å². The summed E-state index contributed by atoms with van der Waals surface area (Å²) in [6.45, 7) is 0. The van der Waals surface area contributed by atoms with Crippen molar-refractivity contribution in [2.45, 2.75) is 0 Å². The van der Waals surface area contributed by atoms with Crippen LogP contribution in [-0.2, 0) is 0 Å². The third-order valence-electron chi connectivity index (χ3n) is 1.38. The van der Waals surface area contributed by atoms with E-state index in [9.17, 15) is 4.79 Å². The highest BCUT2D eigenvalue weighted by Gasteiger charge is 1.91. The Bertz CT molecular complexity index is 435. The molecule has 4 nitrogen and oxygen atoms in total. The van der Waals surface area contributed by atoms with Crippen molar-refractivity contribution in [3.05, 3.63) is 35.0 Å². The molecule has 0 unspecified atom stereocenters. The number of hydrogen-bond acceptors (Lipinski definition) is 3. The average Bonchev–Trinajstić information content (AvgIpc) is 2.04. The summed E-state index contributed by atoms with van der Waals surface area (Å²) in [5.74, 6) is 0. The van der Waals surface area contributed by atoms with Gasteiger partial charge in [-0.25, -0.2) is 4.98 Å². The number of nitrogens with zero attached hydrogens (tertiary/aromatic N) is 2. The average molecular weight is 147 g/mol. The molecule has 0 aliphatic rings. The van der Waals surface area contributed by atoms with Gasteiger partial charge in [-0.05, 0) is 6.07 Å². The summed E-state index contributed by atoms with van der Waals surface area (Å²) in [6.07, 6.45) is 4.45. The van der Waals surface area contributed by atoms with Crippen LogP contribution in [0.3, 0.4) is 0 Å². The SMILES string of the molecule is O=c1cnc2cnccc2[nH]1. The van der Waals surface area contributed by atoms with Crippen LogP contribution in [-0.4, -0.2) is 15.0 Å². The second kappa shape index (κ2) is 2.16. The number of hydrogen-bond donors (Lipinski definition) is 1. The Hall–Kier alpha value is -1.71. The quantitative estimate of drug-likeness (QED) is 0.583. The summed E-state index contributed by atoms with van der Waals surface area (Å²) < 4.78 is 0. The molecule has 2 rings (SSSR count). The molecule has 1 N–H and O–H groups in total. The molecule has 0 atom stereocenters. The second-order valence-corrected chi connectivity index (χ2v) is 2.14. The van der Waals surface area contributed by atoms with Crippen molar-refractivity contribution in [2.24, 2.45) is 0 Å². The Balaban J connectivity index is 2.94. The van der Waals surface area contributed by atoms with Crippen LogP contribution in [0.2, 0.25) is 0 Å². The van der Waals surface area contributed by atoms with Crippen LogP contribution in [0.5, 0.6) is 0 Å². The number of H-pyrrole nitrogens is 1. The maximum atomic E-state index is 10.7. The van der Waals surface area contributed by atoms with E-state index in [2.05, 4.69) is 15.0 Å². The molecule has 54 valence electrons. The van der Waals surface area contributed by atoms with Crippen LogP contribution in [0, 0.1) is 0 Å². The van der Waals surface area contributed by atoms with Gasteiger partial charge in [0.1, 0.15) is 5.52 Å². The first kappa shape index (κ1) is 6.03. The molecule has 2 aromatic rings. The third-order valence-corrected chi connectivity index (χ3v) is 1.38. The van der Waals surface area contributed by atoms with E-state index >= 15 is 0 Å². The van der Waals surface area contributed by atoms with Gasteiger partial charge < -0.3 is 4.98 Å². The van der Waals surface area contributed by atoms with Crippen molar-refractivity contribution < 1.29 is 0 Å². The lowest BCUT2D eigenvalue weighted by Crippen LogP contribution is -2.04. The molecule has 0 aromatic carbocycles. The molecule has 2 aromatic heterocycles. The van der Waals surface area contributed by atoms with Gasteiger partial charge in [0.05, 0.1) is 17.9 Å². The molecular formula is C7H5N3O. The van der Waals surface area contributed by atoms with Crippen LogP contribution in [0.1, 0.15) is 0 Å². The first-order valence-electron chi connectivity index (χ1n) is 3.15. The van der Waals surface area contributed by atoms with E-state index < -0.39 is 0 Å². The third kappa shape index (κ3) is 0.980. The standard InChI is InChI=1S/C7H5N3O/c11-7-4-9-6-3-8-2-1-5(6)10-7/h1-4H,(H,10,11). The molecule has 0 radical (unpaired) electrons. The molecule has 0 bridgehead atoms. The van der Waals surface area contributed by atoms with Crippen molar-refractivity contribution >= 4 is 11.0 Å². The molecular weight excluding hydrogens is 142 g/mol. The van der Waals surface area contributed by atoms with Gasteiger partial charge in [-0.1, -0.05) is 0 Å². The zero-order valence-electron chi connectivity index (χ0n) is 5.61. The summed E-state index contributed by atoms with van der Waals surface area (Å²) >= 11 is 0. The normalized spacial score (nSPS) is 10.2. The Morgan fingerprint density at radius 2 is 2.27 bits per heavy atom. The highest BCUT2D eigenvalue weighted by atomic mass is 16.1. The lowest BCUT2D eigenvalue weighted by atomic mass is 10.4. The fraction of sp³-hybridized carbons (Fsp3) is 0. The van der Waals surface area contributed by atoms with Crippen molar-refractivity contribution in [1.29, 1.82) is 0 Å². The topological polar surface area (TPSA) is 58.6 Å². The van der Waals surface area contributed by atoms with Crippen molar-refractivity contribution in [1.82, 2.24) is 15.0 Å². The van der Waals surface area contributed by atoms with E-state index in [-0.39, 0.29) is 5.56 Å². The summed E-state index contributed by atoms with van der Waals surface area (Å²) in [4.78, 5) is 21.1. The lowest BCUT2D eigenvalue weighted by molar-refractivity contribution is 1.19. The maximum absolute atomic E-state index is 10.7. The largest absolute Gasteiger partial charge is 0.319 e. The van der Waals surface area contributed by atoms with Crippen LogP contribution in [0.4, 0.5) is 0 Å². The van der Waals surface area contributed by atoms with Crippen LogP contribution < -0.4 is 5.56 Å². The lowest BCUT2D eigenvalue weighted by Gasteiger charge is -1.91. The first-order chi connectivity index (χ1) is 5.36. The fourth-order valence-corrected chi connectivity index (χ4v) is 0.888. The Morgan fingerprint density at radius 3 is 3.18 bits per heavy atom. The predicted octanol–water partition coefficient (Wildman–Crippen LogP) is 0.318. The summed E-state index contributed by atoms with van der Waals surface area (Å²) in [5.41, 5.74) is 1.23. The minimum Gasteiger partial charge on any atom is -0.319 e. The smallest absolute Gasteiger partial charge is 0.266 e. The molecule has 0 aliphatic heterocycles. The van der Waals surface area contributed by atoms with Gasteiger partial charge in [-0.15, -0.1) is 0 Å². The molecule has 4 heteroatoms. The molecule has 0 fully saturated rings. The monoisotopic (exact) mass is 147 g/mol. The maximum Gasteiger partial charge on any atom is 0.266 e. The van der Waals surface area contributed by atoms with Gasteiger partial charge in [0, 0.05) is 6.20 Å². The van der Waals surface area contributed by atoms with E-state index in [0.29, 0.717) is 11.0 Å². The van der Waals surface area contributed by atoms with Gasteiger partial charge >= 0.3 is 0 Å².